The molecule has 0 spiro atoms. The van der Waals surface area contributed by atoms with Crippen LogP contribution < -0.4 is 4.74 Å². The topological polar surface area (TPSA) is 85.5 Å². The highest BCUT2D eigenvalue weighted by atomic mass is 32.2. The van der Waals surface area contributed by atoms with Crippen LogP contribution in [0.25, 0.3) is 11.4 Å². The second kappa shape index (κ2) is 8.05. The lowest BCUT2D eigenvalue weighted by Gasteiger charge is -2.31. The van der Waals surface area contributed by atoms with E-state index in [1.807, 2.05) is 0 Å². The van der Waals surface area contributed by atoms with Crippen LogP contribution in [0.5, 0.6) is 5.75 Å². The highest BCUT2D eigenvalue weighted by Crippen LogP contribution is 2.31. The summed E-state index contributed by atoms with van der Waals surface area (Å²) >= 11 is 0. The number of fused-ring (bicyclic) bond motifs is 1. The molecule has 0 aliphatic carbocycles. The minimum atomic E-state index is -3.59. The smallest absolute Gasteiger partial charge is 0.243 e. The maximum absolute atomic E-state index is 14.0. The first-order valence-electron chi connectivity index (χ1n) is 10.3. The number of piperidine rings is 1. The normalized spacial score (nSPS) is 19.2. The molecule has 3 aromatic rings. The van der Waals surface area contributed by atoms with Crippen molar-refractivity contribution in [1.82, 2.24) is 14.4 Å². The zero-order valence-electron chi connectivity index (χ0n) is 16.8. The van der Waals surface area contributed by atoms with Crippen LogP contribution in [0.2, 0.25) is 0 Å². The molecule has 7 nitrogen and oxygen atoms in total. The van der Waals surface area contributed by atoms with Gasteiger partial charge in [0.05, 0.1) is 17.1 Å². The summed E-state index contributed by atoms with van der Waals surface area (Å²) in [4.78, 5) is 4.62. The van der Waals surface area contributed by atoms with E-state index in [4.69, 9.17) is 9.26 Å². The molecule has 162 valence electrons. The van der Waals surface area contributed by atoms with Crippen LogP contribution >= 0.6 is 0 Å². The van der Waals surface area contributed by atoms with Crippen LogP contribution in [-0.2, 0) is 22.9 Å². The van der Waals surface area contributed by atoms with Crippen molar-refractivity contribution in [2.45, 2.75) is 30.6 Å². The average Bonchev–Trinajstić information content (AvgIpc) is 3.43. The van der Waals surface area contributed by atoms with Gasteiger partial charge in [0.25, 0.3) is 0 Å². The van der Waals surface area contributed by atoms with Crippen molar-refractivity contribution in [2.24, 2.45) is 5.92 Å². The summed E-state index contributed by atoms with van der Waals surface area (Å²) in [6, 6.07) is 11.3. The molecule has 0 N–H and O–H groups in total. The Hall–Kier alpha value is -2.78. The number of hydrogen-bond acceptors (Lipinski definition) is 6. The van der Waals surface area contributed by atoms with Crippen molar-refractivity contribution in [2.75, 3.05) is 19.7 Å². The third-order valence-corrected chi connectivity index (χ3v) is 7.69. The Kier molecular flexibility index (Phi) is 5.23. The third-order valence-electron chi connectivity index (χ3n) is 5.83. The molecule has 5 rings (SSSR count). The van der Waals surface area contributed by atoms with Gasteiger partial charge in [-0.2, -0.15) is 9.29 Å². The monoisotopic (exact) mass is 443 g/mol. The molecule has 2 aromatic carbocycles. The molecule has 1 atom stereocenters. The Morgan fingerprint density at radius 2 is 2.06 bits per heavy atom. The van der Waals surface area contributed by atoms with Crippen molar-refractivity contribution in [3.63, 3.8) is 0 Å². The van der Waals surface area contributed by atoms with Gasteiger partial charge in [-0.05, 0) is 54.7 Å². The van der Waals surface area contributed by atoms with Crippen molar-refractivity contribution in [3.05, 3.63) is 59.7 Å². The number of rotatable bonds is 5. The largest absolute Gasteiger partial charge is 0.493 e. The molecule has 1 fully saturated rings. The highest BCUT2D eigenvalue weighted by Gasteiger charge is 2.32. The van der Waals surface area contributed by atoms with Crippen LogP contribution in [0.3, 0.4) is 0 Å². The Balaban J connectivity index is 1.30. The van der Waals surface area contributed by atoms with Crippen molar-refractivity contribution >= 4 is 10.0 Å². The van der Waals surface area contributed by atoms with E-state index in [1.165, 1.54) is 10.4 Å². The number of sulfonamides is 1. The van der Waals surface area contributed by atoms with E-state index >= 15 is 0 Å². The lowest BCUT2D eigenvalue weighted by Crippen LogP contribution is -2.40. The Bertz CT molecular complexity index is 1210. The zero-order valence-corrected chi connectivity index (χ0v) is 17.6. The SMILES string of the molecule is O=S(=O)(c1ccc2c(c1)CCO2)N1CCC[C@H](Cc2nc(-c3ccccc3F)no2)C1. The molecule has 2 aliphatic rings. The second-order valence-corrected chi connectivity index (χ2v) is 9.87. The summed E-state index contributed by atoms with van der Waals surface area (Å²) in [6.45, 7) is 1.45. The Labute approximate surface area is 179 Å². The maximum atomic E-state index is 14.0. The van der Waals surface area contributed by atoms with Gasteiger partial charge in [-0.25, -0.2) is 12.8 Å². The van der Waals surface area contributed by atoms with Crippen LogP contribution in [0, 0.1) is 11.7 Å². The minimum Gasteiger partial charge on any atom is -0.493 e. The standard InChI is InChI=1S/C22H22FN3O4S/c23-19-6-2-1-5-18(19)22-24-21(30-25-22)12-15-4-3-10-26(14-15)31(27,28)17-7-8-20-16(13-17)9-11-29-20/h1-2,5-8,13,15H,3-4,9-12,14H2/t15-/m1/s1. The molecular weight excluding hydrogens is 421 g/mol. The number of benzene rings is 2. The van der Waals surface area contributed by atoms with Crippen molar-refractivity contribution < 1.29 is 22.1 Å². The van der Waals surface area contributed by atoms with Gasteiger partial charge in [0.15, 0.2) is 0 Å². The van der Waals surface area contributed by atoms with Crippen LogP contribution in [0.4, 0.5) is 4.39 Å². The summed E-state index contributed by atoms with van der Waals surface area (Å²) in [6.07, 6.45) is 2.79. The minimum absolute atomic E-state index is 0.0511. The number of ether oxygens (including phenoxy) is 1. The van der Waals surface area contributed by atoms with E-state index in [9.17, 15) is 12.8 Å². The predicted molar refractivity (Wildman–Crippen MR) is 111 cm³/mol. The summed E-state index contributed by atoms with van der Waals surface area (Å²) in [5, 5.41) is 3.89. The zero-order chi connectivity index (χ0) is 21.4. The van der Waals surface area contributed by atoms with Gasteiger partial charge in [-0.1, -0.05) is 17.3 Å². The molecule has 9 heteroatoms. The molecule has 3 heterocycles. The van der Waals surface area contributed by atoms with E-state index < -0.39 is 15.8 Å². The quantitative estimate of drug-likeness (QED) is 0.600. The Morgan fingerprint density at radius 1 is 1.19 bits per heavy atom. The number of hydrogen-bond donors (Lipinski definition) is 0. The van der Waals surface area contributed by atoms with Gasteiger partial charge < -0.3 is 9.26 Å². The van der Waals surface area contributed by atoms with Gasteiger partial charge in [0.2, 0.25) is 21.7 Å². The van der Waals surface area contributed by atoms with Gasteiger partial charge >= 0.3 is 0 Å². The first-order valence-corrected chi connectivity index (χ1v) is 11.8. The first-order chi connectivity index (χ1) is 15.0. The highest BCUT2D eigenvalue weighted by molar-refractivity contribution is 7.89. The van der Waals surface area contributed by atoms with Crippen LogP contribution in [0.15, 0.2) is 51.9 Å². The fourth-order valence-electron chi connectivity index (χ4n) is 4.22. The summed E-state index contributed by atoms with van der Waals surface area (Å²) in [5.41, 5.74) is 1.21. The van der Waals surface area contributed by atoms with Gasteiger partial charge in [-0.15, -0.1) is 0 Å². The van der Waals surface area contributed by atoms with Gasteiger partial charge in [-0.3, -0.25) is 0 Å². The first kappa shape index (κ1) is 20.1. The molecule has 0 radical (unpaired) electrons. The van der Waals surface area contributed by atoms with Gasteiger partial charge in [0.1, 0.15) is 11.6 Å². The molecule has 0 amide bonds. The molecule has 2 aliphatic heterocycles. The van der Waals surface area contributed by atoms with E-state index in [0.29, 0.717) is 36.9 Å². The van der Waals surface area contributed by atoms with Crippen LogP contribution in [-0.4, -0.2) is 42.6 Å². The van der Waals surface area contributed by atoms with E-state index in [2.05, 4.69) is 10.1 Å². The van der Waals surface area contributed by atoms with Gasteiger partial charge in [0, 0.05) is 25.9 Å². The third kappa shape index (κ3) is 3.95. The molecule has 31 heavy (non-hydrogen) atoms. The molecule has 1 saturated heterocycles. The molecular formula is C22H22FN3O4S. The number of halogens is 1. The van der Waals surface area contributed by atoms with Crippen LogP contribution in [0.1, 0.15) is 24.3 Å². The van der Waals surface area contributed by atoms with Crippen molar-refractivity contribution in [1.29, 1.82) is 0 Å². The second-order valence-electron chi connectivity index (χ2n) is 7.93. The maximum Gasteiger partial charge on any atom is 0.243 e. The number of aromatic nitrogens is 2. The average molecular weight is 444 g/mol. The molecule has 1 aromatic heterocycles. The predicted octanol–water partition coefficient (Wildman–Crippen LogP) is 3.45. The fraction of sp³-hybridized carbons (Fsp3) is 0.364. The summed E-state index contributed by atoms with van der Waals surface area (Å²) in [5.74, 6) is 0.989. The lowest BCUT2D eigenvalue weighted by molar-refractivity contribution is 0.247. The lowest BCUT2D eigenvalue weighted by atomic mass is 9.96. The van der Waals surface area contributed by atoms with E-state index in [1.54, 1.807) is 36.4 Å². The Morgan fingerprint density at radius 3 is 2.94 bits per heavy atom. The summed E-state index contributed by atoms with van der Waals surface area (Å²) in [7, 11) is -3.59. The molecule has 0 unspecified atom stereocenters. The number of nitrogens with zero attached hydrogens (tertiary/aromatic N) is 3. The molecule has 0 bridgehead atoms. The van der Waals surface area contributed by atoms with Crippen molar-refractivity contribution in [3.8, 4) is 17.1 Å². The molecule has 0 saturated carbocycles. The van der Waals surface area contributed by atoms with E-state index in [0.717, 1.165) is 30.6 Å². The van der Waals surface area contributed by atoms with E-state index in [-0.39, 0.29) is 17.3 Å². The summed E-state index contributed by atoms with van der Waals surface area (Å²) < 4.78 is 52.7. The fourth-order valence-corrected chi connectivity index (χ4v) is 5.83.